The minimum Gasteiger partial charge on any atom is -0.274 e. The quantitative estimate of drug-likeness (QED) is 0.396. The fraction of sp³-hybridized carbons (Fsp3) is 0.680. The average Bonchev–Trinajstić information content (AvgIpc) is 2.90. The van der Waals surface area contributed by atoms with Crippen LogP contribution in [0.5, 0.6) is 0 Å². The van der Waals surface area contributed by atoms with Gasteiger partial charge in [-0.15, -0.1) is 0 Å². The molecule has 0 aromatic heterocycles. The third-order valence-corrected chi connectivity index (χ3v) is 6.97. The van der Waals surface area contributed by atoms with Crippen LogP contribution in [0.2, 0.25) is 0 Å². The molecule has 2 amide bonds. The lowest BCUT2D eigenvalue weighted by Gasteiger charge is -2.51. The Hall–Kier alpha value is -1.64. The Labute approximate surface area is 171 Å². The normalized spacial score (nSPS) is 18.3. The molecule has 0 spiro atoms. The summed E-state index contributed by atoms with van der Waals surface area (Å²) in [5.74, 6) is 0.362. The maximum atomic E-state index is 13.1. The number of rotatable bonds is 11. The minimum absolute atomic E-state index is 0.0471. The predicted octanol–water partition coefficient (Wildman–Crippen LogP) is 6.72. The molecule has 1 aromatic carbocycles. The number of nitrogens with zero attached hydrogens (tertiary/aromatic N) is 1. The van der Waals surface area contributed by atoms with Crippen molar-refractivity contribution >= 4 is 11.8 Å². The predicted molar refractivity (Wildman–Crippen MR) is 117 cm³/mol. The van der Waals surface area contributed by atoms with Crippen LogP contribution in [-0.2, 0) is 0 Å². The molecular weight excluding hydrogens is 346 g/mol. The van der Waals surface area contributed by atoms with Gasteiger partial charge < -0.3 is 0 Å². The molecule has 0 bridgehead atoms. The van der Waals surface area contributed by atoms with Crippen LogP contribution in [0.1, 0.15) is 107 Å². The van der Waals surface area contributed by atoms with Gasteiger partial charge in [0.15, 0.2) is 0 Å². The Morgan fingerprint density at radius 3 is 1.93 bits per heavy atom. The van der Waals surface area contributed by atoms with E-state index in [0.717, 1.165) is 32.1 Å². The summed E-state index contributed by atoms with van der Waals surface area (Å²) in [6, 6.07) is 7.26. The highest BCUT2D eigenvalue weighted by Gasteiger charge is 2.49. The van der Waals surface area contributed by atoms with Crippen molar-refractivity contribution in [3.8, 4) is 0 Å². The first-order valence-electron chi connectivity index (χ1n) is 11.2. The van der Waals surface area contributed by atoms with Gasteiger partial charge in [0.25, 0.3) is 11.8 Å². The Balaban J connectivity index is 2.44. The third-order valence-electron chi connectivity index (χ3n) is 6.97. The highest BCUT2D eigenvalue weighted by atomic mass is 16.2. The van der Waals surface area contributed by atoms with Gasteiger partial charge in [0.05, 0.1) is 11.1 Å². The molecule has 1 aliphatic rings. The second-order valence-electron chi connectivity index (χ2n) is 9.39. The van der Waals surface area contributed by atoms with Crippen LogP contribution in [-0.4, -0.2) is 23.3 Å². The molecular formula is C25H39NO2. The highest BCUT2D eigenvalue weighted by Crippen LogP contribution is 2.53. The summed E-state index contributed by atoms with van der Waals surface area (Å²) in [5, 5.41) is 0. The molecule has 3 nitrogen and oxygen atoms in total. The Morgan fingerprint density at radius 1 is 0.929 bits per heavy atom. The van der Waals surface area contributed by atoms with E-state index in [4.69, 9.17) is 0 Å². The molecule has 1 aromatic rings. The number of hydrogen-bond acceptors (Lipinski definition) is 2. The molecule has 3 heteroatoms. The summed E-state index contributed by atoms with van der Waals surface area (Å²) < 4.78 is 0. The largest absolute Gasteiger partial charge is 0.274 e. The number of carbonyl (C=O) groups excluding carboxylic acids is 2. The average molecular weight is 386 g/mol. The van der Waals surface area contributed by atoms with Crippen LogP contribution in [0.15, 0.2) is 24.3 Å². The molecule has 0 saturated heterocycles. The van der Waals surface area contributed by atoms with Crippen molar-refractivity contribution in [1.82, 2.24) is 4.90 Å². The first kappa shape index (κ1) is 22.6. The monoisotopic (exact) mass is 385 g/mol. The van der Waals surface area contributed by atoms with E-state index in [1.807, 2.05) is 12.1 Å². The lowest BCUT2D eigenvalue weighted by atomic mass is 9.55. The lowest BCUT2D eigenvalue weighted by molar-refractivity contribution is -0.0168. The number of imide groups is 1. The van der Waals surface area contributed by atoms with Crippen molar-refractivity contribution < 1.29 is 9.59 Å². The van der Waals surface area contributed by atoms with Gasteiger partial charge in [-0.3, -0.25) is 14.5 Å². The Kier molecular flexibility index (Phi) is 7.47. The van der Waals surface area contributed by atoms with Gasteiger partial charge >= 0.3 is 0 Å². The number of amides is 2. The van der Waals surface area contributed by atoms with Gasteiger partial charge in [0.2, 0.25) is 0 Å². The number of hydrogen-bond donors (Lipinski definition) is 0. The van der Waals surface area contributed by atoms with E-state index in [0.29, 0.717) is 23.6 Å². The number of fused-ring (bicyclic) bond motifs is 1. The summed E-state index contributed by atoms with van der Waals surface area (Å²) in [4.78, 5) is 27.7. The van der Waals surface area contributed by atoms with Crippen molar-refractivity contribution in [2.75, 3.05) is 6.54 Å². The number of benzene rings is 1. The summed E-state index contributed by atoms with van der Waals surface area (Å²) in [7, 11) is 0. The molecule has 28 heavy (non-hydrogen) atoms. The second kappa shape index (κ2) is 9.24. The minimum atomic E-state index is -0.114. The van der Waals surface area contributed by atoms with Crippen molar-refractivity contribution in [2.24, 2.45) is 16.7 Å². The van der Waals surface area contributed by atoms with Crippen molar-refractivity contribution in [3.63, 3.8) is 0 Å². The zero-order chi connectivity index (χ0) is 20.9. The molecule has 156 valence electrons. The zero-order valence-corrected chi connectivity index (χ0v) is 18.8. The summed E-state index contributed by atoms with van der Waals surface area (Å²) in [6.07, 6.45) is 7.74. The zero-order valence-electron chi connectivity index (χ0n) is 18.8. The van der Waals surface area contributed by atoms with E-state index in [2.05, 4.69) is 41.5 Å². The molecule has 2 unspecified atom stereocenters. The SMILES string of the molecule is CCCCC(C)(CC(C)C)C(CC)(CCC)CN1C(=O)c2ccccc2C1=O. The molecule has 2 atom stereocenters. The third kappa shape index (κ3) is 4.18. The fourth-order valence-corrected chi connectivity index (χ4v) is 5.50. The van der Waals surface area contributed by atoms with Gasteiger partial charge in [0, 0.05) is 6.54 Å². The fourth-order valence-electron chi connectivity index (χ4n) is 5.50. The van der Waals surface area contributed by atoms with Gasteiger partial charge in [-0.1, -0.05) is 72.9 Å². The molecule has 1 heterocycles. The molecule has 0 aliphatic carbocycles. The van der Waals surface area contributed by atoms with Crippen LogP contribution in [0.25, 0.3) is 0 Å². The van der Waals surface area contributed by atoms with E-state index >= 15 is 0 Å². The van der Waals surface area contributed by atoms with Crippen molar-refractivity contribution in [2.45, 2.75) is 86.5 Å². The maximum absolute atomic E-state index is 13.1. The first-order valence-corrected chi connectivity index (χ1v) is 11.2. The standard InChI is InChI=1S/C25H39NO2/c1-7-10-16-24(6,17-19(4)5)25(9-3,15-8-2)18-26-22(27)20-13-11-12-14-21(20)23(26)28/h11-14,19H,7-10,15-18H2,1-6H3. The molecule has 0 radical (unpaired) electrons. The van der Waals surface area contributed by atoms with Gasteiger partial charge in [0.1, 0.15) is 0 Å². The molecule has 1 aliphatic heterocycles. The van der Waals surface area contributed by atoms with Crippen LogP contribution in [0.3, 0.4) is 0 Å². The Morgan fingerprint density at radius 2 is 1.50 bits per heavy atom. The molecule has 0 fully saturated rings. The van der Waals surface area contributed by atoms with Crippen LogP contribution in [0, 0.1) is 16.7 Å². The van der Waals surface area contributed by atoms with Crippen LogP contribution in [0.4, 0.5) is 0 Å². The van der Waals surface area contributed by atoms with Crippen LogP contribution >= 0.6 is 0 Å². The smallest absolute Gasteiger partial charge is 0.261 e. The van der Waals surface area contributed by atoms with Crippen LogP contribution < -0.4 is 0 Å². The Bertz CT molecular complexity index is 661. The summed E-state index contributed by atoms with van der Waals surface area (Å²) >= 11 is 0. The summed E-state index contributed by atoms with van der Waals surface area (Å²) in [6.45, 7) is 14.3. The number of carbonyl (C=O) groups is 2. The highest BCUT2D eigenvalue weighted by molar-refractivity contribution is 6.21. The summed E-state index contributed by atoms with van der Waals surface area (Å²) in [5.41, 5.74) is 1.19. The molecule has 0 N–H and O–H groups in total. The maximum Gasteiger partial charge on any atom is 0.261 e. The van der Waals surface area contributed by atoms with Gasteiger partial charge in [-0.05, 0) is 54.6 Å². The first-order chi connectivity index (χ1) is 13.2. The lowest BCUT2D eigenvalue weighted by Crippen LogP contribution is -2.50. The van der Waals surface area contributed by atoms with E-state index in [-0.39, 0.29) is 22.6 Å². The van der Waals surface area contributed by atoms with E-state index < -0.39 is 0 Å². The van der Waals surface area contributed by atoms with Crippen molar-refractivity contribution in [1.29, 1.82) is 0 Å². The van der Waals surface area contributed by atoms with Gasteiger partial charge in [-0.2, -0.15) is 0 Å². The number of unbranched alkanes of at least 4 members (excludes halogenated alkanes) is 1. The molecule has 2 rings (SSSR count). The van der Waals surface area contributed by atoms with Gasteiger partial charge in [-0.25, -0.2) is 0 Å². The van der Waals surface area contributed by atoms with Crippen molar-refractivity contribution in [3.05, 3.63) is 35.4 Å². The molecule has 0 saturated carbocycles. The van der Waals surface area contributed by atoms with E-state index in [1.54, 1.807) is 17.0 Å². The topological polar surface area (TPSA) is 37.4 Å². The van der Waals surface area contributed by atoms with E-state index in [1.165, 1.54) is 12.8 Å². The second-order valence-corrected chi connectivity index (χ2v) is 9.39. The van der Waals surface area contributed by atoms with E-state index in [9.17, 15) is 9.59 Å².